The van der Waals surface area contributed by atoms with Crippen LogP contribution in [0.3, 0.4) is 0 Å². The summed E-state index contributed by atoms with van der Waals surface area (Å²) in [5, 5.41) is 28.2. The third-order valence-electron chi connectivity index (χ3n) is 6.72. The second-order valence-electron chi connectivity index (χ2n) is 9.36. The van der Waals surface area contributed by atoms with E-state index in [9.17, 15) is 15.0 Å². The number of halogens is 1. The number of aromatic hydroxyl groups is 1. The maximum atomic E-state index is 11.6. The molecule has 8 nitrogen and oxygen atoms in total. The number of methoxy groups -OCH3 is 1. The van der Waals surface area contributed by atoms with Crippen molar-refractivity contribution in [3.63, 3.8) is 0 Å². The summed E-state index contributed by atoms with van der Waals surface area (Å²) >= 11 is 0. The van der Waals surface area contributed by atoms with Gasteiger partial charge in [-0.2, -0.15) is 0 Å². The fourth-order valence-electron chi connectivity index (χ4n) is 4.68. The van der Waals surface area contributed by atoms with Crippen LogP contribution >= 0.6 is 12.4 Å². The van der Waals surface area contributed by atoms with Gasteiger partial charge in [0.1, 0.15) is 11.5 Å². The van der Waals surface area contributed by atoms with E-state index >= 15 is 0 Å². The number of H-pyrrole nitrogens is 1. The van der Waals surface area contributed by atoms with E-state index in [2.05, 4.69) is 58.1 Å². The van der Waals surface area contributed by atoms with Gasteiger partial charge in [-0.3, -0.25) is 4.79 Å². The molecule has 0 aliphatic carbocycles. The van der Waals surface area contributed by atoms with Gasteiger partial charge in [-0.05, 0) is 72.1 Å². The topological polar surface area (TPSA) is 138 Å². The Kier molecular flexibility index (Phi) is 10.9. The van der Waals surface area contributed by atoms with Gasteiger partial charge in [0.2, 0.25) is 5.56 Å². The number of aromatic nitrogens is 1. The number of hydrogen-bond donors (Lipinski definition) is 5. The van der Waals surface area contributed by atoms with E-state index in [-0.39, 0.29) is 29.2 Å². The number of pyridine rings is 1. The minimum atomic E-state index is -0.782. The van der Waals surface area contributed by atoms with E-state index in [1.54, 1.807) is 19.2 Å². The fourth-order valence-corrected chi connectivity index (χ4v) is 4.68. The lowest BCUT2D eigenvalue weighted by Crippen LogP contribution is -2.24. The zero-order valence-electron chi connectivity index (χ0n) is 22.6. The summed E-state index contributed by atoms with van der Waals surface area (Å²) in [5.74, 6) is 0.807. The number of fused-ring (bicyclic) bond motifs is 1. The molecule has 1 heterocycles. The summed E-state index contributed by atoms with van der Waals surface area (Å²) in [5.41, 5.74) is 5.95. The minimum absolute atomic E-state index is 0. The van der Waals surface area contributed by atoms with Gasteiger partial charge in [0, 0.05) is 34.9 Å². The Morgan fingerprint density at radius 3 is 2.37 bits per heavy atom. The number of rotatable bonds is 10. The number of phenolic OH excluding ortho intramolecular Hbond substituents is 1. The minimum Gasteiger partial charge on any atom is -0.506 e. The van der Waals surface area contributed by atoms with Crippen LogP contribution in [0.1, 0.15) is 17.2 Å². The lowest BCUT2D eigenvalue weighted by Gasteiger charge is -2.15. The van der Waals surface area contributed by atoms with Crippen LogP contribution in [-0.4, -0.2) is 40.9 Å². The molecule has 0 fully saturated rings. The molecule has 9 heteroatoms. The smallest absolute Gasteiger partial charge is 0.248 e. The highest BCUT2D eigenvalue weighted by Gasteiger charge is 2.14. The Labute approximate surface area is 244 Å². The number of benzene rings is 4. The first-order valence-electron chi connectivity index (χ1n) is 12.8. The molecule has 5 rings (SSSR count). The molecule has 0 aliphatic rings. The number of hydrogen-bond acceptors (Lipinski definition) is 6. The molecule has 0 saturated carbocycles. The first-order chi connectivity index (χ1) is 19.0. The summed E-state index contributed by atoms with van der Waals surface area (Å²) in [6, 6.07) is 30.7. The van der Waals surface area contributed by atoms with Crippen LogP contribution in [0, 0.1) is 0 Å². The van der Waals surface area contributed by atoms with Gasteiger partial charge in [0.25, 0.3) is 0 Å². The Morgan fingerprint density at radius 1 is 0.902 bits per heavy atom. The van der Waals surface area contributed by atoms with E-state index in [0.29, 0.717) is 29.6 Å². The molecule has 1 atom stereocenters. The maximum Gasteiger partial charge on any atom is 0.248 e. The molecule has 0 radical (unpaired) electrons. The molecule has 0 bridgehead atoms. The molecular weight excluding hydrogens is 542 g/mol. The molecule has 0 aliphatic heterocycles. The van der Waals surface area contributed by atoms with Crippen molar-refractivity contribution in [2.75, 3.05) is 25.5 Å². The maximum absolute atomic E-state index is 11.6. The Morgan fingerprint density at radius 2 is 1.63 bits per heavy atom. The number of anilines is 2. The molecule has 0 unspecified atom stereocenters. The fraction of sp³-hybridized carbons (Fsp3) is 0.156. The van der Waals surface area contributed by atoms with Gasteiger partial charge in [-0.1, -0.05) is 48.5 Å². The van der Waals surface area contributed by atoms with Crippen molar-refractivity contribution < 1.29 is 20.4 Å². The zero-order chi connectivity index (χ0) is 27.2. The summed E-state index contributed by atoms with van der Waals surface area (Å²) in [6.45, 7) is 1.04. The number of nitrogens with one attached hydrogen (secondary N) is 3. The Hall–Kier alpha value is -4.34. The van der Waals surface area contributed by atoms with Crippen molar-refractivity contribution in [2.24, 2.45) is 0 Å². The van der Waals surface area contributed by atoms with Gasteiger partial charge < -0.3 is 36.0 Å². The van der Waals surface area contributed by atoms with Crippen LogP contribution in [0.2, 0.25) is 0 Å². The lowest BCUT2D eigenvalue weighted by atomic mass is 10.0. The highest BCUT2D eigenvalue weighted by molar-refractivity contribution is 5.87. The predicted molar refractivity (Wildman–Crippen MR) is 167 cm³/mol. The Bertz CT molecular complexity index is 1630. The van der Waals surface area contributed by atoms with Crippen LogP contribution in [-0.2, 0) is 6.42 Å². The molecule has 0 saturated heterocycles. The van der Waals surface area contributed by atoms with Gasteiger partial charge in [-0.25, -0.2) is 0 Å². The number of aliphatic hydroxyl groups is 1. The number of aliphatic hydroxyl groups excluding tert-OH is 1. The zero-order valence-corrected chi connectivity index (χ0v) is 23.4. The second kappa shape index (κ2) is 14.3. The van der Waals surface area contributed by atoms with Gasteiger partial charge in [-0.15, -0.1) is 12.4 Å². The standard InChI is InChI=1S/C32H31N3O4.ClH.H2O/c1-39-30-15-11-24(19-27(30)22-5-3-2-4-6-22)34-23-9-7-21(8-10-23)17-18-33-20-29(37)25-12-14-28(36)32-26(25)13-16-31(38)35-32;;/h2-16,19,29,33-34,36-37H,17-18,20H2,1H3,(H,35,38);1H;1H2/t29-;;/m0../s1. The van der Waals surface area contributed by atoms with Crippen LogP contribution in [0.5, 0.6) is 11.5 Å². The summed E-state index contributed by atoms with van der Waals surface area (Å²) < 4.78 is 5.56. The van der Waals surface area contributed by atoms with E-state index < -0.39 is 6.10 Å². The van der Waals surface area contributed by atoms with Crippen LogP contribution in [0.25, 0.3) is 22.0 Å². The van der Waals surface area contributed by atoms with Crippen LogP contribution < -0.4 is 20.9 Å². The van der Waals surface area contributed by atoms with Crippen molar-refractivity contribution in [2.45, 2.75) is 12.5 Å². The quantitative estimate of drug-likeness (QED) is 0.147. The third-order valence-corrected chi connectivity index (χ3v) is 6.72. The molecule has 41 heavy (non-hydrogen) atoms. The highest BCUT2D eigenvalue weighted by atomic mass is 35.5. The van der Waals surface area contributed by atoms with E-state index in [0.717, 1.165) is 34.7 Å². The third kappa shape index (κ3) is 7.45. The lowest BCUT2D eigenvalue weighted by molar-refractivity contribution is 0.176. The molecule has 4 aromatic carbocycles. The molecule has 7 N–H and O–H groups in total. The Balaban J connectivity index is 0.00000231. The normalized spacial score (nSPS) is 11.3. The van der Waals surface area contributed by atoms with Crippen molar-refractivity contribution in [3.05, 3.63) is 119 Å². The average molecular weight is 576 g/mol. The van der Waals surface area contributed by atoms with Gasteiger partial charge in [0.05, 0.1) is 18.7 Å². The molecular formula is C32H34ClN3O5. The first kappa shape index (κ1) is 31.2. The monoisotopic (exact) mass is 575 g/mol. The second-order valence-corrected chi connectivity index (χ2v) is 9.36. The summed E-state index contributed by atoms with van der Waals surface area (Å²) in [7, 11) is 1.68. The number of ether oxygens (including phenoxy) is 1. The number of phenols is 1. The van der Waals surface area contributed by atoms with Crippen LogP contribution in [0.15, 0.2) is 102 Å². The molecule has 0 spiro atoms. The van der Waals surface area contributed by atoms with E-state index in [1.165, 1.54) is 17.7 Å². The van der Waals surface area contributed by atoms with Gasteiger partial charge in [0.15, 0.2) is 0 Å². The highest BCUT2D eigenvalue weighted by Crippen LogP contribution is 2.33. The largest absolute Gasteiger partial charge is 0.506 e. The van der Waals surface area contributed by atoms with Crippen molar-refractivity contribution in [3.8, 4) is 22.6 Å². The molecule has 5 aromatic rings. The first-order valence-corrected chi connectivity index (χ1v) is 12.8. The van der Waals surface area contributed by atoms with Crippen molar-refractivity contribution >= 4 is 34.7 Å². The molecule has 214 valence electrons. The molecule has 0 amide bonds. The van der Waals surface area contributed by atoms with Gasteiger partial charge >= 0.3 is 0 Å². The SMILES string of the molecule is COc1ccc(Nc2ccc(CCNC[C@H](O)c3ccc(O)c4[nH]c(=O)ccc34)cc2)cc1-c1ccccc1.Cl.O. The number of aromatic amines is 1. The summed E-state index contributed by atoms with van der Waals surface area (Å²) in [6.07, 6.45) is 0.0213. The van der Waals surface area contributed by atoms with E-state index in [1.807, 2.05) is 30.3 Å². The summed E-state index contributed by atoms with van der Waals surface area (Å²) in [4.78, 5) is 14.2. The van der Waals surface area contributed by atoms with Crippen LogP contribution in [0.4, 0.5) is 11.4 Å². The predicted octanol–water partition coefficient (Wildman–Crippen LogP) is 5.12. The molecule has 1 aromatic heterocycles. The van der Waals surface area contributed by atoms with E-state index in [4.69, 9.17) is 4.74 Å². The van der Waals surface area contributed by atoms with Crippen molar-refractivity contribution in [1.82, 2.24) is 10.3 Å². The van der Waals surface area contributed by atoms with Crippen molar-refractivity contribution in [1.29, 1.82) is 0 Å². The average Bonchev–Trinajstić information content (AvgIpc) is 2.97.